The summed E-state index contributed by atoms with van der Waals surface area (Å²) in [6, 6.07) is -0.146. The van der Waals surface area contributed by atoms with Crippen molar-refractivity contribution in [3.8, 4) is 0 Å². The number of hydrogen-bond donors (Lipinski definition) is 2. The quantitative estimate of drug-likeness (QED) is 0.886. The lowest BCUT2D eigenvalue weighted by atomic mass is 9.75. The molecule has 2 rings (SSSR count). The maximum atomic E-state index is 12.3. The molecule has 1 saturated carbocycles. The minimum atomic E-state index is -3.82. The van der Waals surface area contributed by atoms with E-state index in [4.69, 9.17) is 5.11 Å². The number of sulfonamides is 1. The molecule has 1 aromatic rings. The van der Waals surface area contributed by atoms with E-state index in [-0.39, 0.29) is 15.7 Å². The van der Waals surface area contributed by atoms with E-state index in [1.54, 1.807) is 0 Å². The Morgan fingerprint density at radius 3 is 2.85 bits per heavy atom. The van der Waals surface area contributed by atoms with Crippen LogP contribution in [0.15, 0.2) is 9.72 Å². The van der Waals surface area contributed by atoms with Gasteiger partial charge in [0.2, 0.25) is 0 Å². The van der Waals surface area contributed by atoms with E-state index in [1.165, 1.54) is 5.51 Å². The van der Waals surface area contributed by atoms with Crippen LogP contribution in [0.1, 0.15) is 50.0 Å². The van der Waals surface area contributed by atoms with Gasteiger partial charge >= 0.3 is 5.97 Å². The number of carboxylic acid groups (broad SMARTS) is 1. The standard InChI is InChI=1S/C12H18N2O4S2/c1-12(2)5-3-4-8(6-12)14-20(17,18)11-9(10(15)16)13-7-19-11/h7-8,14H,3-6H2,1-2H3,(H,15,16). The second-order valence-corrected chi connectivity index (χ2v) is 8.64. The van der Waals surface area contributed by atoms with E-state index in [2.05, 4.69) is 23.6 Å². The van der Waals surface area contributed by atoms with Crippen molar-refractivity contribution in [1.29, 1.82) is 0 Å². The van der Waals surface area contributed by atoms with Gasteiger partial charge in [0.05, 0.1) is 5.51 Å². The van der Waals surface area contributed by atoms with Gasteiger partial charge in [-0.2, -0.15) is 0 Å². The number of aromatic nitrogens is 1. The maximum Gasteiger partial charge on any atom is 0.356 e. The van der Waals surface area contributed by atoms with Crippen molar-refractivity contribution in [2.45, 2.75) is 49.8 Å². The third-order valence-electron chi connectivity index (χ3n) is 3.51. The molecule has 6 nitrogen and oxygen atoms in total. The molecule has 1 aliphatic carbocycles. The van der Waals surface area contributed by atoms with Crippen molar-refractivity contribution < 1.29 is 18.3 Å². The molecule has 112 valence electrons. The molecule has 0 spiro atoms. The van der Waals surface area contributed by atoms with E-state index >= 15 is 0 Å². The molecule has 1 atom stereocenters. The first-order valence-electron chi connectivity index (χ1n) is 6.40. The molecule has 0 aliphatic heterocycles. The first-order valence-corrected chi connectivity index (χ1v) is 8.77. The summed E-state index contributed by atoms with van der Waals surface area (Å²) in [6.45, 7) is 4.23. The number of nitrogens with zero attached hydrogens (tertiary/aromatic N) is 1. The number of carbonyl (C=O) groups is 1. The third-order valence-corrected chi connectivity index (χ3v) is 6.40. The zero-order valence-electron chi connectivity index (χ0n) is 11.4. The van der Waals surface area contributed by atoms with E-state index in [1.807, 2.05) is 0 Å². The van der Waals surface area contributed by atoms with Crippen LogP contribution in [0, 0.1) is 5.41 Å². The summed E-state index contributed by atoms with van der Waals surface area (Å²) in [5.74, 6) is -1.32. The first kappa shape index (κ1) is 15.4. The fourth-order valence-corrected chi connectivity index (χ4v) is 5.07. The molecule has 20 heavy (non-hydrogen) atoms. The Kier molecular flexibility index (Phi) is 4.17. The molecule has 1 heterocycles. The fourth-order valence-electron chi connectivity index (χ4n) is 2.64. The molecule has 1 fully saturated rings. The summed E-state index contributed by atoms with van der Waals surface area (Å²) >= 11 is 0.831. The second kappa shape index (κ2) is 5.42. The average molecular weight is 318 g/mol. The number of carboxylic acids is 1. The zero-order valence-corrected chi connectivity index (χ0v) is 13.1. The van der Waals surface area contributed by atoms with Crippen molar-refractivity contribution in [1.82, 2.24) is 9.71 Å². The number of aromatic carboxylic acids is 1. The molecule has 0 saturated heterocycles. The van der Waals surface area contributed by atoms with Gasteiger partial charge in [-0.15, -0.1) is 11.3 Å². The SMILES string of the molecule is CC1(C)CCCC(NS(=O)(=O)c2scnc2C(=O)O)C1. The summed E-state index contributed by atoms with van der Waals surface area (Å²) in [7, 11) is -3.82. The van der Waals surface area contributed by atoms with Crippen molar-refractivity contribution in [2.75, 3.05) is 0 Å². The van der Waals surface area contributed by atoms with Crippen molar-refractivity contribution in [3.63, 3.8) is 0 Å². The molecule has 1 aliphatic rings. The minimum Gasteiger partial charge on any atom is -0.476 e. The summed E-state index contributed by atoms with van der Waals surface area (Å²) in [5, 5.41) is 8.96. The van der Waals surface area contributed by atoms with Crippen LogP contribution in [0.25, 0.3) is 0 Å². The predicted molar refractivity (Wildman–Crippen MR) is 75.4 cm³/mol. The summed E-state index contributed by atoms with van der Waals surface area (Å²) in [5.41, 5.74) is 0.940. The highest BCUT2D eigenvalue weighted by molar-refractivity contribution is 7.91. The van der Waals surface area contributed by atoms with E-state index < -0.39 is 21.7 Å². The monoisotopic (exact) mass is 318 g/mol. The molecular weight excluding hydrogens is 300 g/mol. The van der Waals surface area contributed by atoms with Gasteiger partial charge in [-0.25, -0.2) is 22.9 Å². The highest BCUT2D eigenvalue weighted by Gasteiger charge is 2.33. The molecule has 0 bridgehead atoms. The highest BCUT2D eigenvalue weighted by Crippen LogP contribution is 2.35. The summed E-state index contributed by atoms with van der Waals surface area (Å²) in [4.78, 5) is 14.6. The van der Waals surface area contributed by atoms with Crippen LogP contribution in [0.5, 0.6) is 0 Å². The van der Waals surface area contributed by atoms with Gasteiger partial charge in [-0.05, 0) is 24.7 Å². The van der Waals surface area contributed by atoms with Gasteiger partial charge in [0, 0.05) is 6.04 Å². The Hall–Kier alpha value is -0.990. The third kappa shape index (κ3) is 3.36. The fraction of sp³-hybridized carbons (Fsp3) is 0.667. The lowest BCUT2D eigenvalue weighted by molar-refractivity contribution is 0.0687. The van der Waals surface area contributed by atoms with Crippen LogP contribution in [0.3, 0.4) is 0 Å². The Balaban J connectivity index is 2.19. The van der Waals surface area contributed by atoms with Crippen molar-refractivity contribution >= 4 is 27.3 Å². The Morgan fingerprint density at radius 1 is 1.55 bits per heavy atom. The van der Waals surface area contributed by atoms with E-state index in [9.17, 15) is 13.2 Å². The number of rotatable bonds is 4. The largest absolute Gasteiger partial charge is 0.476 e. The second-order valence-electron chi connectivity index (χ2n) is 5.87. The molecule has 8 heteroatoms. The van der Waals surface area contributed by atoms with Crippen LogP contribution in [-0.4, -0.2) is 30.5 Å². The smallest absolute Gasteiger partial charge is 0.356 e. The number of hydrogen-bond acceptors (Lipinski definition) is 5. The Morgan fingerprint density at radius 2 is 2.25 bits per heavy atom. The molecule has 0 aromatic carbocycles. The van der Waals surface area contributed by atoms with Crippen LogP contribution >= 0.6 is 11.3 Å². The van der Waals surface area contributed by atoms with Crippen molar-refractivity contribution in [2.24, 2.45) is 5.41 Å². The predicted octanol–water partition coefficient (Wildman–Crippen LogP) is 2.09. The van der Waals surface area contributed by atoms with E-state index in [0.29, 0.717) is 0 Å². The highest BCUT2D eigenvalue weighted by atomic mass is 32.2. The molecule has 0 amide bonds. The zero-order chi connectivity index (χ0) is 15.0. The van der Waals surface area contributed by atoms with E-state index in [0.717, 1.165) is 37.0 Å². The molecule has 1 aromatic heterocycles. The first-order chi connectivity index (χ1) is 9.21. The van der Waals surface area contributed by atoms with Gasteiger partial charge in [-0.1, -0.05) is 20.3 Å². The lowest BCUT2D eigenvalue weighted by Gasteiger charge is -2.35. The average Bonchev–Trinajstić information content (AvgIpc) is 2.76. The van der Waals surface area contributed by atoms with Crippen LogP contribution in [-0.2, 0) is 10.0 Å². The van der Waals surface area contributed by atoms with Crippen LogP contribution < -0.4 is 4.72 Å². The van der Waals surface area contributed by atoms with Crippen LogP contribution in [0.4, 0.5) is 0 Å². The van der Waals surface area contributed by atoms with Crippen molar-refractivity contribution in [3.05, 3.63) is 11.2 Å². The summed E-state index contributed by atoms with van der Waals surface area (Å²) in [6.07, 6.45) is 3.58. The van der Waals surface area contributed by atoms with Gasteiger partial charge in [0.25, 0.3) is 10.0 Å². The topological polar surface area (TPSA) is 96.4 Å². The Labute approximate surface area is 122 Å². The Bertz CT molecular complexity index is 607. The summed E-state index contributed by atoms with van der Waals surface area (Å²) < 4.78 is 27.0. The molecule has 1 unspecified atom stereocenters. The normalized spacial score (nSPS) is 22.6. The van der Waals surface area contributed by atoms with Crippen LogP contribution in [0.2, 0.25) is 0 Å². The van der Waals surface area contributed by atoms with Gasteiger partial charge in [0.1, 0.15) is 0 Å². The molecule has 2 N–H and O–H groups in total. The molecular formula is C12H18N2O4S2. The van der Waals surface area contributed by atoms with Gasteiger partial charge in [0.15, 0.2) is 9.90 Å². The van der Waals surface area contributed by atoms with Gasteiger partial charge < -0.3 is 5.11 Å². The van der Waals surface area contributed by atoms with Gasteiger partial charge in [-0.3, -0.25) is 0 Å². The maximum absolute atomic E-state index is 12.3. The minimum absolute atomic E-state index is 0.106. The molecule has 0 radical (unpaired) electrons. The number of nitrogens with one attached hydrogen (secondary N) is 1. The number of thiazole rings is 1. The lowest BCUT2D eigenvalue weighted by Crippen LogP contribution is -2.40.